The molecule has 2 aliphatic rings. The summed E-state index contributed by atoms with van der Waals surface area (Å²) in [6, 6.07) is 11.4. The van der Waals surface area contributed by atoms with Crippen LogP contribution in [0.4, 0.5) is 29.3 Å². The summed E-state index contributed by atoms with van der Waals surface area (Å²) in [5, 5.41) is 2.32. The quantitative estimate of drug-likeness (QED) is 0.731. The van der Waals surface area contributed by atoms with E-state index in [0.29, 0.717) is 0 Å². The van der Waals surface area contributed by atoms with Crippen molar-refractivity contribution < 1.29 is 37.0 Å². The number of amides is 2. The number of fused-ring (bicyclic) bond motifs is 2. The minimum atomic E-state index is -4.98. The molecule has 0 aromatic heterocycles. The van der Waals surface area contributed by atoms with E-state index in [-0.39, 0.29) is 22.5 Å². The van der Waals surface area contributed by atoms with E-state index < -0.39 is 41.6 Å². The van der Waals surface area contributed by atoms with Gasteiger partial charge in [0, 0.05) is 18.3 Å². The molecular formula is C21H17F3N2O5. The lowest BCUT2D eigenvalue weighted by molar-refractivity contribution is -0.213. The number of hydrogen-bond acceptors (Lipinski definition) is 5. The topological polar surface area (TPSA) is 84.9 Å². The average Bonchev–Trinajstić information content (AvgIpc) is 3.16. The molecule has 2 aromatic carbocycles. The normalized spacial score (nSPS) is 24.9. The summed E-state index contributed by atoms with van der Waals surface area (Å²) in [4.78, 5) is 38.8. The number of anilines is 2. The Bertz CT molecular complexity index is 1090. The molecule has 3 atom stereocenters. The monoisotopic (exact) mass is 434 g/mol. The molecule has 0 aliphatic carbocycles. The highest BCUT2D eigenvalue weighted by atomic mass is 19.4. The second-order valence-electron chi connectivity index (χ2n) is 7.24. The van der Waals surface area contributed by atoms with Crippen molar-refractivity contribution in [2.75, 3.05) is 24.4 Å². The number of methoxy groups -OCH3 is 1. The summed E-state index contributed by atoms with van der Waals surface area (Å²) in [7, 11) is 2.43. The zero-order valence-electron chi connectivity index (χ0n) is 16.4. The fourth-order valence-electron chi connectivity index (χ4n) is 4.38. The van der Waals surface area contributed by atoms with Crippen molar-refractivity contribution in [3.8, 4) is 0 Å². The molecule has 1 spiro atoms. The van der Waals surface area contributed by atoms with Crippen LogP contribution in [0.2, 0.25) is 0 Å². The third-order valence-corrected chi connectivity index (χ3v) is 5.65. The molecule has 2 amide bonds. The number of halogens is 3. The number of nitrogens with zero attached hydrogens (tertiary/aromatic N) is 1. The number of para-hydroxylation sites is 2. The van der Waals surface area contributed by atoms with Gasteiger partial charge in [-0.05, 0) is 17.7 Å². The lowest BCUT2D eigenvalue weighted by atomic mass is 9.74. The van der Waals surface area contributed by atoms with E-state index in [0.717, 1.165) is 12.0 Å². The maximum atomic E-state index is 14.5. The Labute approximate surface area is 174 Å². The highest BCUT2D eigenvalue weighted by molar-refractivity contribution is 6.10. The van der Waals surface area contributed by atoms with E-state index in [1.54, 1.807) is 6.07 Å². The van der Waals surface area contributed by atoms with Crippen LogP contribution in [0, 0.1) is 5.92 Å². The number of rotatable bonds is 2. The zero-order valence-corrected chi connectivity index (χ0v) is 16.4. The lowest BCUT2D eigenvalue weighted by Crippen LogP contribution is -2.49. The summed E-state index contributed by atoms with van der Waals surface area (Å²) < 4.78 is 53.4. The molecule has 2 aromatic rings. The van der Waals surface area contributed by atoms with E-state index in [1.165, 1.54) is 49.5 Å². The molecule has 0 saturated carbocycles. The van der Waals surface area contributed by atoms with E-state index in [4.69, 9.17) is 4.74 Å². The Hall–Kier alpha value is -3.56. The van der Waals surface area contributed by atoms with Crippen molar-refractivity contribution in [3.63, 3.8) is 0 Å². The molecule has 31 heavy (non-hydrogen) atoms. The van der Waals surface area contributed by atoms with Gasteiger partial charge in [-0.25, -0.2) is 4.79 Å². The fourth-order valence-corrected chi connectivity index (χ4v) is 4.38. The molecule has 1 N–H and O–H groups in total. The highest BCUT2D eigenvalue weighted by Gasteiger charge is 2.74. The third-order valence-electron chi connectivity index (χ3n) is 5.65. The van der Waals surface area contributed by atoms with Gasteiger partial charge in [-0.15, -0.1) is 0 Å². The Morgan fingerprint density at radius 1 is 1.13 bits per heavy atom. The van der Waals surface area contributed by atoms with Crippen LogP contribution in [0.1, 0.15) is 17.0 Å². The summed E-state index contributed by atoms with van der Waals surface area (Å²) >= 11 is 0. The minimum Gasteiger partial charge on any atom is -0.453 e. The van der Waals surface area contributed by atoms with E-state index in [2.05, 4.69) is 10.1 Å². The molecule has 2 aliphatic heterocycles. The molecule has 0 unspecified atom stereocenters. The number of likely N-dealkylation sites (N-methyl/N-ethyl adjacent to an activating group) is 1. The number of hydrogen-bond donors (Lipinski definition) is 1. The lowest BCUT2D eigenvalue weighted by Gasteiger charge is -2.31. The van der Waals surface area contributed by atoms with E-state index in [1.807, 2.05) is 0 Å². The number of carbonyl (C=O) groups excluding carboxylic acids is 3. The standard InChI is InChI=1S/C21H17F3N2O5/c1-26-14-10-6-4-8-12(14)20(18(26)28)16(21(22,23)24)15(17(27)31-20)11-7-3-5-9-13(11)25-19(29)30-2/h3-10,15-16H,1-2H3,(H,25,29)/t15-,16-,20+/m1/s1. The number of benzene rings is 2. The van der Waals surface area contributed by atoms with Gasteiger partial charge in [0.05, 0.1) is 12.8 Å². The molecule has 4 rings (SSSR count). The van der Waals surface area contributed by atoms with Gasteiger partial charge >= 0.3 is 18.2 Å². The highest BCUT2D eigenvalue weighted by Crippen LogP contribution is 2.61. The summed E-state index contributed by atoms with van der Waals surface area (Å²) in [5.74, 6) is -6.58. The zero-order chi connectivity index (χ0) is 22.6. The van der Waals surface area contributed by atoms with Crippen LogP contribution in [0.15, 0.2) is 48.5 Å². The Kier molecular flexibility index (Phi) is 4.68. The van der Waals surface area contributed by atoms with Crippen molar-refractivity contribution in [1.82, 2.24) is 0 Å². The van der Waals surface area contributed by atoms with Crippen LogP contribution in [-0.2, 0) is 24.7 Å². The first kappa shape index (κ1) is 20.7. The number of carbonyl (C=O) groups is 3. The third kappa shape index (κ3) is 2.93. The van der Waals surface area contributed by atoms with Gasteiger partial charge in [0.15, 0.2) is 0 Å². The molecule has 7 nitrogen and oxygen atoms in total. The van der Waals surface area contributed by atoms with Crippen LogP contribution in [0.3, 0.4) is 0 Å². The molecule has 2 heterocycles. The SMILES string of the molecule is COC(=O)Nc1ccccc1[C@H]1C(=O)O[C@]2(C(=O)N(C)c3ccccc32)[C@@H]1C(F)(F)F. The maximum absolute atomic E-state index is 14.5. The number of alkyl halides is 3. The summed E-state index contributed by atoms with van der Waals surface area (Å²) in [5.41, 5.74) is -2.52. The predicted octanol–water partition coefficient (Wildman–Crippen LogP) is 3.56. The van der Waals surface area contributed by atoms with Gasteiger partial charge in [0.1, 0.15) is 11.8 Å². The van der Waals surface area contributed by atoms with Crippen molar-refractivity contribution >= 4 is 29.3 Å². The number of ether oxygens (including phenoxy) is 2. The Morgan fingerprint density at radius 2 is 1.77 bits per heavy atom. The van der Waals surface area contributed by atoms with Gasteiger partial charge in [-0.1, -0.05) is 36.4 Å². The second kappa shape index (κ2) is 7.00. The van der Waals surface area contributed by atoms with Crippen molar-refractivity contribution in [3.05, 3.63) is 59.7 Å². The second-order valence-corrected chi connectivity index (χ2v) is 7.24. The maximum Gasteiger partial charge on any atom is 0.411 e. The summed E-state index contributed by atoms with van der Waals surface area (Å²) in [6.45, 7) is 0. The molecule has 1 fully saturated rings. The largest absolute Gasteiger partial charge is 0.453 e. The summed E-state index contributed by atoms with van der Waals surface area (Å²) in [6.07, 6.45) is -5.90. The number of esters is 1. The smallest absolute Gasteiger partial charge is 0.411 e. The first-order valence-corrected chi connectivity index (χ1v) is 9.24. The van der Waals surface area contributed by atoms with Crippen molar-refractivity contribution in [2.45, 2.75) is 17.7 Å². The molecule has 162 valence electrons. The van der Waals surface area contributed by atoms with Gasteiger partial charge < -0.3 is 14.4 Å². The minimum absolute atomic E-state index is 0.0286. The van der Waals surface area contributed by atoms with Gasteiger partial charge in [-0.2, -0.15) is 13.2 Å². The molecular weight excluding hydrogens is 417 g/mol. The number of nitrogens with one attached hydrogen (secondary N) is 1. The van der Waals surface area contributed by atoms with Crippen molar-refractivity contribution in [2.24, 2.45) is 5.92 Å². The first-order valence-electron chi connectivity index (χ1n) is 9.24. The average molecular weight is 434 g/mol. The van der Waals surface area contributed by atoms with Gasteiger partial charge in [-0.3, -0.25) is 14.9 Å². The van der Waals surface area contributed by atoms with Crippen LogP contribution >= 0.6 is 0 Å². The molecule has 10 heteroatoms. The van der Waals surface area contributed by atoms with Crippen LogP contribution in [0.25, 0.3) is 0 Å². The van der Waals surface area contributed by atoms with E-state index in [9.17, 15) is 27.6 Å². The molecule has 1 saturated heterocycles. The van der Waals surface area contributed by atoms with Gasteiger partial charge in [0.25, 0.3) is 5.91 Å². The van der Waals surface area contributed by atoms with E-state index >= 15 is 0 Å². The molecule has 0 radical (unpaired) electrons. The fraction of sp³-hybridized carbons (Fsp3) is 0.286. The van der Waals surface area contributed by atoms with Crippen molar-refractivity contribution in [1.29, 1.82) is 0 Å². The van der Waals surface area contributed by atoms with Crippen LogP contribution in [-0.4, -0.2) is 38.3 Å². The first-order chi connectivity index (χ1) is 14.6. The Balaban J connectivity index is 1.93. The molecule has 0 bridgehead atoms. The van der Waals surface area contributed by atoms with Crippen LogP contribution in [0.5, 0.6) is 0 Å². The van der Waals surface area contributed by atoms with Crippen LogP contribution < -0.4 is 10.2 Å². The Morgan fingerprint density at radius 3 is 2.45 bits per heavy atom. The van der Waals surface area contributed by atoms with Gasteiger partial charge in [0.2, 0.25) is 5.60 Å². The predicted molar refractivity (Wildman–Crippen MR) is 102 cm³/mol.